The van der Waals surface area contributed by atoms with Crippen LogP contribution in [-0.4, -0.2) is 39.5 Å². The number of esters is 1. The second-order valence-electron chi connectivity index (χ2n) is 8.90. The van der Waals surface area contributed by atoms with Crippen LogP contribution in [0.25, 0.3) is 0 Å². The zero-order valence-electron chi connectivity index (χ0n) is 19.3. The number of carbonyl (C=O) groups excluding carboxylic acids is 3. The third-order valence-electron chi connectivity index (χ3n) is 6.15. The molecule has 0 aromatic carbocycles. The molecule has 0 bridgehead atoms. The van der Waals surface area contributed by atoms with E-state index in [-0.39, 0.29) is 12.2 Å². The molecule has 2 heterocycles. The number of fused-ring (bicyclic) bond motifs is 3. The lowest BCUT2D eigenvalue weighted by Crippen LogP contribution is -2.46. The van der Waals surface area contributed by atoms with Crippen LogP contribution in [-0.2, 0) is 23.9 Å². The molecule has 2 unspecified atom stereocenters. The fourth-order valence-corrected chi connectivity index (χ4v) is 4.14. The highest BCUT2D eigenvalue weighted by Crippen LogP contribution is 2.49. The number of ketones is 2. The second kappa shape index (κ2) is 9.75. The lowest BCUT2D eigenvalue weighted by Gasteiger charge is -2.35. The SMILES string of the molecule is CCC(C)/C=C/C=C/C(O)=C/C(=O)[C@H]1C(=O)O[C@@]2(C)C(=O)C=C3C=C(CC(C)O)OC=C3[C@@H]12. The van der Waals surface area contributed by atoms with Gasteiger partial charge in [-0.15, -0.1) is 0 Å². The standard InChI is InChI=1S/C26H30O7/c1-5-15(2)8-6-7-9-18(28)13-21(29)23-24-20-14-32-19(10-16(3)27)11-17(20)12-22(30)26(24,4)33-25(23)31/h6-9,11-16,23-24,27-28H,5,10H2,1-4H3/b8-6+,9-7+,18-13-/t15?,16?,23-,24+,26+/m1/s1. The van der Waals surface area contributed by atoms with Crippen LogP contribution >= 0.6 is 0 Å². The van der Waals surface area contributed by atoms with Gasteiger partial charge in [0.05, 0.1) is 18.3 Å². The highest BCUT2D eigenvalue weighted by molar-refractivity contribution is 6.12. The van der Waals surface area contributed by atoms with Crippen LogP contribution in [0.5, 0.6) is 0 Å². The van der Waals surface area contributed by atoms with E-state index in [9.17, 15) is 24.6 Å². The van der Waals surface area contributed by atoms with Crippen LogP contribution in [0.2, 0.25) is 0 Å². The van der Waals surface area contributed by atoms with Crippen LogP contribution < -0.4 is 0 Å². The molecule has 1 saturated heterocycles. The Bertz CT molecular complexity index is 1020. The van der Waals surface area contributed by atoms with E-state index in [1.54, 1.807) is 25.2 Å². The number of carbonyl (C=O) groups is 3. The minimum atomic E-state index is -1.54. The molecule has 1 aliphatic carbocycles. The number of aliphatic hydroxyl groups is 2. The first-order chi connectivity index (χ1) is 15.6. The van der Waals surface area contributed by atoms with E-state index in [2.05, 4.69) is 13.8 Å². The lowest BCUT2D eigenvalue weighted by atomic mass is 9.67. The summed E-state index contributed by atoms with van der Waals surface area (Å²) in [6.07, 6.45) is 12.7. The molecule has 0 amide bonds. The van der Waals surface area contributed by atoms with Gasteiger partial charge >= 0.3 is 5.97 Å². The monoisotopic (exact) mass is 454 g/mol. The molecule has 0 radical (unpaired) electrons. The predicted octanol–water partition coefficient (Wildman–Crippen LogP) is 3.78. The molecule has 0 spiro atoms. The molecule has 7 nitrogen and oxygen atoms in total. The maximum absolute atomic E-state index is 13.0. The van der Waals surface area contributed by atoms with Gasteiger partial charge in [0, 0.05) is 18.1 Å². The number of ether oxygens (including phenoxy) is 2. The van der Waals surface area contributed by atoms with E-state index < -0.39 is 41.1 Å². The molecular formula is C26H30O7. The fourth-order valence-electron chi connectivity index (χ4n) is 4.14. The summed E-state index contributed by atoms with van der Waals surface area (Å²) < 4.78 is 11.0. The normalized spacial score (nSPS) is 29.0. The zero-order valence-corrected chi connectivity index (χ0v) is 19.3. The molecule has 1 fully saturated rings. The van der Waals surface area contributed by atoms with Crippen molar-refractivity contribution in [1.82, 2.24) is 0 Å². The minimum absolute atomic E-state index is 0.253. The van der Waals surface area contributed by atoms with Crippen molar-refractivity contribution in [3.63, 3.8) is 0 Å². The van der Waals surface area contributed by atoms with E-state index in [0.29, 0.717) is 22.8 Å². The molecule has 33 heavy (non-hydrogen) atoms. The number of hydrogen-bond donors (Lipinski definition) is 2. The number of allylic oxidation sites excluding steroid dienone is 7. The van der Waals surface area contributed by atoms with Crippen molar-refractivity contribution in [2.24, 2.45) is 17.8 Å². The topological polar surface area (TPSA) is 110 Å². The summed E-state index contributed by atoms with van der Waals surface area (Å²) in [6.45, 7) is 7.23. The molecule has 2 N–H and O–H groups in total. The highest BCUT2D eigenvalue weighted by atomic mass is 16.6. The van der Waals surface area contributed by atoms with Crippen LogP contribution in [0.15, 0.2) is 71.5 Å². The molecule has 0 aromatic heterocycles. The molecule has 5 atom stereocenters. The quantitative estimate of drug-likeness (QED) is 0.189. The third kappa shape index (κ3) is 5.09. The zero-order chi connectivity index (χ0) is 24.3. The first kappa shape index (κ1) is 24.5. The summed E-state index contributed by atoms with van der Waals surface area (Å²) in [5.41, 5.74) is -0.524. The lowest BCUT2D eigenvalue weighted by molar-refractivity contribution is -0.156. The van der Waals surface area contributed by atoms with Gasteiger partial charge in [-0.3, -0.25) is 14.4 Å². The third-order valence-corrected chi connectivity index (χ3v) is 6.15. The van der Waals surface area contributed by atoms with Gasteiger partial charge in [0.1, 0.15) is 17.4 Å². The maximum Gasteiger partial charge on any atom is 0.318 e. The molecule has 3 aliphatic rings. The summed E-state index contributed by atoms with van der Waals surface area (Å²) in [5, 5.41) is 19.8. The summed E-state index contributed by atoms with van der Waals surface area (Å²) >= 11 is 0. The fraction of sp³-hybridized carbons (Fsp3) is 0.423. The Hall–Kier alpha value is -3.19. The average molecular weight is 455 g/mol. The van der Waals surface area contributed by atoms with Gasteiger partial charge in [-0.1, -0.05) is 38.5 Å². The smallest absolute Gasteiger partial charge is 0.318 e. The van der Waals surface area contributed by atoms with Gasteiger partial charge in [-0.05, 0) is 43.6 Å². The van der Waals surface area contributed by atoms with Crippen molar-refractivity contribution >= 4 is 17.5 Å². The number of rotatable bonds is 8. The highest BCUT2D eigenvalue weighted by Gasteiger charge is 2.62. The summed E-state index contributed by atoms with van der Waals surface area (Å²) in [7, 11) is 0. The summed E-state index contributed by atoms with van der Waals surface area (Å²) in [6, 6.07) is 0. The van der Waals surface area contributed by atoms with Gasteiger partial charge < -0.3 is 19.7 Å². The van der Waals surface area contributed by atoms with Crippen molar-refractivity contribution < 1.29 is 34.1 Å². The van der Waals surface area contributed by atoms with Gasteiger partial charge in [-0.2, -0.15) is 0 Å². The minimum Gasteiger partial charge on any atom is -0.508 e. The van der Waals surface area contributed by atoms with Gasteiger partial charge in [0.25, 0.3) is 0 Å². The average Bonchev–Trinajstić information content (AvgIpc) is 3.02. The Labute approximate surface area is 193 Å². The molecule has 2 aliphatic heterocycles. The Balaban J connectivity index is 1.87. The molecule has 7 heteroatoms. The van der Waals surface area contributed by atoms with Crippen molar-refractivity contribution in [2.75, 3.05) is 0 Å². The molecule has 0 aromatic rings. The number of aliphatic hydroxyl groups excluding tert-OH is 2. The van der Waals surface area contributed by atoms with Crippen molar-refractivity contribution in [3.05, 3.63) is 71.5 Å². The first-order valence-electron chi connectivity index (χ1n) is 11.1. The number of hydrogen-bond acceptors (Lipinski definition) is 7. The van der Waals surface area contributed by atoms with Gasteiger partial charge in [0.2, 0.25) is 0 Å². The van der Waals surface area contributed by atoms with Crippen molar-refractivity contribution in [2.45, 2.75) is 52.2 Å². The van der Waals surface area contributed by atoms with Crippen LogP contribution in [0.4, 0.5) is 0 Å². The van der Waals surface area contributed by atoms with Crippen molar-refractivity contribution in [1.29, 1.82) is 0 Å². The Morgan fingerprint density at radius 1 is 1.24 bits per heavy atom. The summed E-state index contributed by atoms with van der Waals surface area (Å²) in [5.74, 6) is -3.54. The molecular weight excluding hydrogens is 424 g/mol. The molecule has 0 saturated carbocycles. The molecule has 3 rings (SSSR count). The Morgan fingerprint density at radius 3 is 2.64 bits per heavy atom. The first-order valence-corrected chi connectivity index (χ1v) is 11.1. The summed E-state index contributed by atoms with van der Waals surface area (Å²) in [4.78, 5) is 38.6. The van der Waals surface area contributed by atoms with Crippen LogP contribution in [0.3, 0.4) is 0 Å². The van der Waals surface area contributed by atoms with E-state index in [1.165, 1.54) is 25.3 Å². The van der Waals surface area contributed by atoms with Crippen LogP contribution in [0.1, 0.15) is 40.5 Å². The van der Waals surface area contributed by atoms with E-state index in [0.717, 1.165) is 12.5 Å². The molecule has 176 valence electrons. The van der Waals surface area contributed by atoms with E-state index in [1.807, 2.05) is 6.08 Å². The van der Waals surface area contributed by atoms with Gasteiger partial charge in [-0.25, -0.2) is 0 Å². The predicted molar refractivity (Wildman–Crippen MR) is 122 cm³/mol. The van der Waals surface area contributed by atoms with Crippen molar-refractivity contribution in [3.8, 4) is 0 Å². The van der Waals surface area contributed by atoms with Gasteiger partial charge in [0.15, 0.2) is 17.2 Å². The second-order valence-corrected chi connectivity index (χ2v) is 8.90. The van der Waals surface area contributed by atoms with Crippen LogP contribution in [0, 0.1) is 17.8 Å². The van der Waals surface area contributed by atoms with E-state index >= 15 is 0 Å². The Kier molecular flexibility index (Phi) is 7.22. The Morgan fingerprint density at radius 2 is 1.97 bits per heavy atom. The van der Waals surface area contributed by atoms with E-state index in [4.69, 9.17) is 9.47 Å². The maximum atomic E-state index is 13.0. The largest absolute Gasteiger partial charge is 0.508 e.